The van der Waals surface area contributed by atoms with E-state index in [2.05, 4.69) is 11.8 Å². The number of aromatic hydroxyl groups is 1. The third kappa shape index (κ3) is 2.52. The van der Waals surface area contributed by atoms with Crippen LogP contribution in [0.5, 0.6) is 5.75 Å². The van der Waals surface area contributed by atoms with Gasteiger partial charge < -0.3 is 26.2 Å². The van der Waals surface area contributed by atoms with Gasteiger partial charge in [-0.05, 0) is 49.8 Å². The molecule has 0 heterocycles. The molecule has 8 nitrogen and oxygen atoms in total. The summed E-state index contributed by atoms with van der Waals surface area (Å²) in [4.78, 5) is 37.8. The van der Waals surface area contributed by atoms with Crippen molar-refractivity contribution in [3.63, 3.8) is 0 Å². The lowest BCUT2D eigenvalue weighted by atomic mass is 9.56. The number of ketones is 2. The number of hydrogen-bond donors (Lipinski definition) is 5. The van der Waals surface area contributed by atoms with E-state index in [-0.39, 0.29) is 36.1 Å². The van der Waals surface area contributed by atoms with Gasteiger partial charge in [-0.15, -0.1) is 5.92 Å². The fraction of sp³-hybridized carbons (Fsp3) is 0.409. The molecule has 3 aliphatic rings. The maximum atomic E-state index is 13.3. The topological polar surface area (TPSA) is 158 Å². The Balaban J connectivity index is 1.89. The molecule has 1 aromatic rings. The van der Waals surface area contributed by atoms with Gasteiger partial charge in [0.25, 0.3) is 0 Å². The standard InChI is InChI=1S/C22H21NO7/c1-2-3-9-4-5-13(24)16-12(9)7-10-6-11-8-14(25)17(21(23)29)20(28)22(11,30)19(27)15(10)18(16)26/h4-5,10-11,14,17,24-26,30H,6-8H2,1H3,(H2,23,29)/t10-,11+,14?,17?,22+/m1/s1. The Bertz CT molecular complexity index is 1090. The van der Waals surface area contributed by atoms with Crippen LogP contribution in [0.25, 0.3) is 5.76 Å². The Morgan fingerprint density at radius 3 is 2.57 bits per heavy atom. The summed E-state index contributed by atoms with van der Waals surface area (Å²) in [5.74, 6) is -1.54. The molecule has 2 saturated carbocycles. The number of fused-ring (bicyclic) bond motifs is 3. The average Bonchev–Trinajstić information content (AvgIpc) is 2.66. The molecule has 156 valence electrons. The van der Waals surface area contributed by atoms with E-state index in [1.54, 1.807) is 13.0 Å². The van der Waals surface area contributed by atoms with Gasteiger partial charge in [-0.1, -0.05) is 5.92 Å². The third-order valence-corrected chi connectivity index (χ3v) is 6.53. The van der Waals surface area contributed by atoms with Gasteiger partial charge in [0.1, 0.15) is 17.4 Å². The van der Waals surface area contributed by atoms with Crippen LogP contribution in [-0.2, 0) is 20.8 Å². The summed E-state index contributed by atoms with van der Waals surface area (Å²) in [5, 5.41) is 42.6. The molecule has 5 atom stereocenters. The second kappa shape index (κ2) is 6.69. The summed E-state index contributed by atoms with van der Waals surface area (Å²) < 4.78 is 0. The number of phenols is 1. The molecule has 0 bridgehead atoms. The minimum atomic E-state index is -2.56. The van der Waals surface area contributed by atoms with Crippen LogP contribution in [0.2, 0.25) is 0 Å². The molecule has 30 heavy (non-hydrogen) atoms. The first-order valence-electron chi connectivity index (χ1n) is 9.62. The number of benzene rings is 1. The zero-order valence-electron chi connectivity index (χ0n) is 16.2. The predicted octanol–water partition coefficient (Wildman–Crippen LogP) is -0.0397. The van der Waals surface area contributed by atoms with E-state index in [0.29, 0.717) is 11.1 Å². The fourth-order valence-electron chi connectivity index (χ4n) is 5.18. The highest BCUT2D eigenvalue weighted by molar-refractivity contribution is 6.24. The van der Waals surface area contributed by atoms with E-state index in [9.17, 15) is 34.8 Å². The molecule has 3 aliphatic carbocycles. The minimum Gasteiger partial charge on any atom is -0.507 e. The zero-order valence-corrected chi connectivity index (χ0v) is 16.2. The number of amides is 1. The molecule has 0 radical (unpaired) electrons. The normalized spacial score (nSPS) is 32.5. The van der Waals surface area contributed by atoms with E-state index in [4.69, 9.17) is 5.73 Å². The number of primary amides is 1. The highest BCUT2D eigenvalue weighted by Gasteiger charge is 2.63. The van der Waals surface area contributed by atoms with E-state index >= 15 is 0 Å². The van der Waals surface area contributed by atoms with Crippen molar-refractivity contribution in [3.05, 3.63) is 34.4 Å². The number of aliphatic hydroxyl groups excluding tert-OH is 2. The molecule has 0 spiro atoms. The quantitative estimate of drug-likeness (QED) is 0.320. The van der Waals surface area contributed by atoms with Crippen molar-refractivity contribution in [1.29, 1.82) is 0 Å². The number of carbonyl (C=O) groups is 3. The number of phenolic OH excluding ortho intramolecular Hbond substituents is 1. The van der Waals surface area contributed by atoms with Crippen LogP contribution in [0.4, 0.5) is 0 Å². The average molecular weight is 411 g/mol. The van der Waals surface area contributed by atoms with Crippen LogP contribution in [0.15, 0.2) is 17.7 Å². The first-order valence-corrected chi connectivity index (χ1v) is 9.62. The highest BCUT2D eigenvalue weighted by atomic mass is 16.3. The van der Waals surface area contributed by atoms with Crippen molar-refractivity contribution in [2.24, 2.45) is 23.5 Å². The highest BCUT2D eigenvalue weighted by Crippen LogP contribution is 2.51. The van der Waals surface area contributed by atoms with Crippen LogP contribution in [0, 0.1) is 29.6 Å². The van der Waals surface area contributed by atoms with Crippen molar-refractivity contribution in [2.75, 3.05) is 0 Å². The van der Waals surface area contributed by atoms with E-state index < -0.39 is 52.7 Å². The summed E-state index contributed by atoms with van der Waals surface area (Å²) in [5.41, 5.74) is 3.71. The number of Topliss-reactive ketones (excluding diaryl/α,β-unsaturated/α-hetero) is 2. The zero-order chi connectivity index (χ0) is 22.0. The van der Waals surface area contributed by atoms with Crippen molar-refractivity contribution in [1.82, 2.24) is 0 Å². The first-order chi connectivity index (χ1) is 14.1. The van der Waals surface area contributed by atoms with Gasteiger partial charge in [0.2, 0.25) is 11.7 Å². The predicted molar refractivity (Wildman–Crippen MR) is 104 cm³/mol. The lowest BCUT2D eigenvalue weighted by Crippen LogP contribution is -2.66. The summed E-state index contributed by atoms with van der Waals surface area (Å²) in [7, 11) is 0. The summed E-state index contributed by atoms with van der Waals surface area (Å²) in [6, 6.07) is 2.97. The largest absolute Gasteiger partial charge is 0.507 e. The molecule has 0 saturated heterocycles. The molecule has 2 unspecified atom stereocenters. The van der Waals surface area contributed by atoms with E-state index in [1.165, 1.54) is 6.07 Å². The van der Waals surface area contributed by atoms with Crippen LogP contribution >= 0.6 is 0 Å². The maximum absolute atomic E-state index is 13.3. The number of carbonyl (C=O) groups excluding carboxylic acids is 3. The van der Waals surface area contributed by atoms with Gasteiger partial charge in [0, 0.05) is 17.1 Å². The molecule has 4 rings (SSSR count). The second-order valence-corrected chi connectivity index (χ2v) is 8.10. The van der Waals surface area contributed by atoms with Gasteiger partial charge in [0.05, 0.1) is 11.7 Å². The monoisotopic (exact) mass is 411 g/mol. The number of aliphatic hydroxyl groups is 3. The molecule has 0 aliphatic heterocycles. The summed E-state index contributed by atoms with van der Waals surface area (Å²) >= 11 is 0. The molecular weight excluding hydrogens is 390 g/mol. The van der Waals surface area contributed by atoms with E-state index in [1.807, 2.05) is 0 Å². The number of hydrogen-bond acceptors (Lipinski definition) is 7. The van der Waals surface area contributed by atoms with Crippen molar-refractivity contribution in [2.45, 2.75) is 37.9 Å². The van der Waals surface area contributed by atoms with E-state index in [0.717, 1.165) is 0 Å². The van der Waals surface area contributed by atoms with Crippen LogP contribution in [0.1, 0.15) is 36.5 Å². The lowest BCUT2D eigenvalue weighted by Gasteiger charge is -2.48. The second-order valence-electron chi connectivity index (χ2n) is 8.10. The summed E-state index contributed by atoms with van der Waals surface area (Å²) in [6.45, 7) is 1.65. The Morgan fingerprint density at radius 2 is 1.93 bits per heavy atom. The molecule has 1 aromatic carbocycles. The van der Waals surface area contributed by atoms with Crippen LogP contribution in [0.3, 0.4) is 0 Å². The number of rotatable bonds is 1. The van der Waals surface area contributed by atoms with Gasteiger partial charge >= 0.3 is 0 Å². The molecule has 1 amide bonds. The maximum Gasteiger partial charge on any atom is 0.230 e. The molecular formula is C22H21NO7. The molecule has 8 heteroatoms. The Morgan fingerprint density at radius 1 is 1.23 bits per heavy atom. The minimum absolute atomic E-state index is 0.0478. The molecule has 0 aromatic heterocycles. The van der Waals surface area contributed by atoms with Gasteiger partial charge in [-0.2, -0.15) is 0 Å². The van der Waals surface area contributed by atoms with Crippen molar-refractivity contribution < 1.29 is 34.8 Å². The van der Waals surface area contributed by atoms with Gasteiger partial charge in [0.15, 0.2) is 11.4 Å². The fourth-order valence-corrected chi connectivity index (χ4v) is 5.18. The molecule has 6 N–H and O–H groups in total. The Hall–Kier alpha value is -3.15. The van der Waals surface area contributed by atoms with Gasteiger partial charge in [-0.3, -0.25) is 14.4 Å². The smallest absolute Gasteiger partial charge is 0.230 e. The summed E-state index contributed by atoms with van der Waals surface area (Å²) in [6.07, 6.45) is -1.16. The third-order valence-electron chi connectivity index (χ3n) is 6.53. The van der Waals surface area contributed by atoms with Crippen molar-refractivity contribution in [3.8, 4) is 17.6 Å². The SMILES string of the molecule is CC#Cc1ccc(O)c2c1C[C@H]1C[C@H]3CC(O)C(C(N)=O)C(=O)[C@@]3(O)C(=O)C1=C2O. The Labute approximate surface area is 172 Å². The lowest BCUT2D eigenvalue weighted by molar-refractivity contribution is -0.174. The first kappa shape index (κ1) is 20.1. The molecule has 2 fully saturated rings. The van der Waals surface area contributed by atoms with Gasteiger partial charge in [-0.25, -0.2) is 0 Å². The van der Waals surface area contributed by atoms with Crippen molar-refractivity contribution >= 4 is 23.2 Å². The number of nitrogens with two attached hydrogens (primary N) is 1. The van der Waals surface area contributed by atoms with Crippen LogP contribution in [-0.4, -0.2) is 49.6 Å². The van der Waals surface area contributed by atoms with Crippen LogP contribution < -0.4 is 5.73 Å². The Kier molecular flexibility index (Phi) is 4.49.